The zero-order valence-electron chi connectivity index (χ0n) is 10.00. The van der Waals surface area contributed by atoms with Gasteiger partial charge in [-0.3, -0.25) is 0 Å². The summed E-state index contributed by atoms with van der Waals surface area (Å²) in [6.07, 6.45) is 10.7. The van der Waals surface area contributed by atoms with Crippen molar-refractivity contribution in [2.75, 3.05) is 6.61 Å². The molecule has 2 atom stereocenters. The first kappa shape index (κ1) is 13.7. The zero-order chi connectivity index (χ0) is 10.8. The fourth-order valence-corrected chi connectivity index (χ4v) is 1.49. The molecule has 0 fully saturated rings. The SMILES string of the molecule is CCCCCC(C)C=CC(C)CCO. The van der Waals surface area contributed by atoms with E-state index >= 15 is 0 Å². The maximum atomic E-state index is 8.74. The quantitative estimate of drug-likeness (QED) is 0.465. The molecular weight excluding hydrogens is 172 g/mol. The van der Waals surface area contributed by atoms with Crippen LogP contribution in [0.4, 0.5) is 0 Å². The van der Waals surface area contributed by atoms with Crippen molar-refractivity contribution in [3.63, 3.8) is 0 Å². The van der Waals surface area contributed by atoms with E-state index in [0.29, 0.717) is 18.4 Å². The first-order valence-electron chi connectivity index (χ1n) is 5.99. The predicted molar refractivity (Wildman–Crippen MR) is 63.3 cm³/mol. The Morgan fingerprint density at radius 1 is 1.00 bits per heavy atom. The van der Waals surface area contributed by atoms with Crippen LogP contribution in [0.25, 0.3) is 0 Å². The van der Waals surface area contributed by atoms with Crippen LogP contribution in [0.2, 0.25) is 0 Å². The minimum absolute atomic E-state index is 0.301. The molecule has 0 aromatic carbocycles. The molecule has 0 bridgehead atoms. The fourth-order valence-electron chi connectivity index (χ4n) is 1.49. The lowest BCUT2D eigenvalue weighted by Gasteiger charge is -2.07. The van der Waals surface area contributed by atoms with Crippen molar-refractivity contribution in [2.24, 2.45) is 11.8 Å². The Morgan fingerprint density at radius 2 is 1.57 bits per heavy atom. The van der Waals surface area contributed by atoms with Gasteiger partial charge in [0.1, 0.15) is 0 Å². The molecular formula is C13H26O. The van der Waals surface area contributed by atoms with Gasteiger partial charge < -0.3 is 5.11 Å². The molecule has 0 aliphatic heterocycles. The summed E-state index contributed by atoms with van der Waals surface area (Å²) < 4.78 is 0. The van der Waals surface area contributed by atoms with Crippen molar-refractivity contribution in [1.29, 1.82) is 0 Å². The van der Waals surface area contributed by atoms with Crippen LogP contribution >= 0.6 is 0 Å². The van der Waals surface area contributed by atoms with Crippen molar-refractivity contribution in [1.82, 2.24) is 0 Å². The van der Waals surface area contributed by atoms with Crippen LogP contribution in [-0.4, -0.2) is 11.7 Å². The van der Waals surface area contributed by atoms with Gasteiger partial charge in [-0.2, -0.15) is 0 Å². The van der Waals surface area contributed by atoms with E-state index in [1.165, 1.54) is 25.7 Å². The van der Waals surface area contributed by atoms with Crippen LogP contribution in [0.15, 0.2) is 12.2 Å². The Labute approximate surface area is 89.2 Å². The first-order valence-corrected chi connectivity index (χ1v) is 5.99. The lowest BCUT2D eigenvalue weighted by atomic mass is 10.00. The van der Waals surface area contributed by atoms with Gasteiger partial charge in [0.2, 0.25) is 0 Å². The van der Waals surface area contributed by atoms with Gasteiger partial charge in [0.15, 0.2) is 0 Å². The van der Waals surface area contributed by atoms with E-state index in [4.69, 9.17) is 5.11 Å². The molecule has 2 unspecified atom stereocenters. The molecule has 0 saturated carbocycles. The number of rotatable bonds is 8. The molecule has 1 N–H and O–H groups in total. The minimum Gasteiger partial charge on any atom is -0.396 e. The molecule has 0 aromatic rings. The lowest BCUT2D eigenvalue weighted by molar-refractivity contribution is 0.274. The third kappa shape index (κ3) is 8.31. The van der Waals surface area contributed by atoms with E-state index in [-0.39, 0.29) is 0 Å². The Morgan fingerprint density at radius 3 is 2.07 bits per heavy atom. The number of aliphatic hydroxyl groups is 1. The van der Waals surface area contributed by atoms with Crippen LogP contribution in [0, 0.1) is 11.8 Å². The van der Waals surface area contributed by atoms with E-state index in [1.54, 1.807) is 0 Å². The van der Waals surface area contributed by atoms with Gasteiger partial charge in [-0.15, -0.1) is 0 Å². The second kappa shape index (κ2) is 9.26. The van der Waals surface area contributed by atoms with Gasteiger partial charge >= 0.3 is 0 Å². The lowest BCUT2D eigenvalue weighted by Crippen LogP contribution is -1.96. The van der Waals surface area contributed by atoms with Crippen molar-refractivity contribution in [3.05, 3.63) is 12.2 Å². The molecule has 14 heavy (non-hydrogen) atoms. The molecule has 0 spiro atoms. The van der Waals surface area contributed by atoms with Gasteiger partial charge in [0.25, 0.3) is 0 Å². The van der Waals surface area contributed by atoms with Crippen molar-refractivity contribution in [3.8, 4) is 0 Å². The van der Waals surface area contributed by atoms with Crippen LogP contribution in [0.1, 0.15) is 52.9 Å². The van der Waals surface area contributed by atoms with Crippen molar-refractivity contribution < 1.29 is 5.11 Å². The summed E-state index contributed by atoms with van der Waals surface area (Å²) in [6, 6.07) is 0. The Balaban J connectivity index is 3.53. The molecule has 84 valence electrons. The van der Waals surface area contributed by atoms with E-state index in [2.05, 4.69) is 32.9 Å². The van der Waals surface area contributed by atoms with Crippen LogP contribution < -0.4 is 0 Å². The molecule has 0 radical (unpaired) electrons. The maximum Gasteiger partial charge on any atom is 0.0436 e. The second-order valence-corrected chi connectivity index (χ2v) is 4.35. The van der Waals surface area contributed by atoms with Crippen molar-refractivity contribution in [2.45, 2.75) is 52.9 Å². The summed E-state index contributed by atoms with van der Waals surface area (Å²) in [7, 11) is 0. The Kier molecular flexibility index (Phi) is 9.06. The van der Waals surface area contributed by atoms with Crippen LogP contribution in [-0.2, 0) is 0 Å². The third-order valence-electron chi connectivity index (χ3n) is 2.62. The third-order valence-corrected chi connectivity index (χ3v) is 2.62. The summed E-state index contributed by atoms with van der Waals surface area (Å²) in [6.45, 7) is 6.98. The van der Waals surface area contributed by atoms with Gasteiger partial charge in [-0.25, -0.2) is 0 Å². The highest BCUT2D eigenvalue weighted by atomic mass is 16.2. The summed E-state index contributed by atoms with van der Waals surface area (Å²) in [5.41, 5.74) is 0. The first-order chi connectivity index (χ1) is 6.70. The average Bonchev–Trinajstić information content (AvgIpc) is 2.16. The summed E-state index contributed by atoms with van der Waals surface area (Å²) in [5, 5.41) is 8.74. The van der Waals surface area contributed by atoms with E-state index in [9.17, 15) is 0 Å². The van der Waals surface area contributed by atoms with E-state index in [0.717, 1.165) is 6.42 Å². The Bertz CT molecular complexity index is 140. The molecule has 0 aliphatic carbocycles. The summed E-state index contributed by atoms with van der Waals surface area (Å²) in [5.74, 6) is 1.22. The number of unbranched alkanes of at least 4 members (excludes halogenated alkanes) is 2. The highest BCUT2D eigenvalue weighted by Gasteiger charge is 1.99. The number of hydrogen-bond acceptors (Lipinski definition) is 1. The maximum absolute atomic E-state index is 8.74. The smallest absolute Gasteiger partial charge is 0.0436 e. The fraction of sp³-hybridized carbons (Fsp3) is 0.846. The van der Waals surface area contributed by atoms with E-state index in [1.807, 2.05) is 0 Å². The molecule has 0 saturated heterocycles. The average molecular weight is 198 g/mol. The molecule has 0 rings (SSSR count). The topological polar surface area (TPSA) is 20.2 Å². The molecule has 0 aromatic heterocycles. The normalized spacial score (nSPS) is 16.0. The molecule has 0 aliphatic rings. The van der Waals surface area contributed by atoms with Crippen molar-refractivity contribution >= 4 is 0 Å². The van der Waals surface area contributed by atoms with Gasteiger partial charge in [-0.1, -0.05) is 52.2 Å². The molecule has 0 heterocycles. The summed E-state index contributed by atoms with van der Waals surface area (Å²) >= 11 is 0. The highest BCUT2D eigenvalue weighted by Crippen LogP contribution is 2.12. The van der Waals surface area contributed by atoms with Gasteiger partial charge in [-0.05, 0) is 24.7 Å². The monoisotopic (exact) mass is 198 g/mol. The predicted octanol–water partition coefficient (Wildman–Crippen LogP) is 3.78. The van der Waals surface area contributed by atoms with Gasteiger partial charge in [0, 0.05) is 6.61 Å². The second-order valence-electron chi connectivity index (χ2n) is 4.35. The molecule has 1 heteroatoms. The standard InChI is InChI=1S/C13H26O/c1-4-5-6-7-12(2)8-9-13(3)10-11-14/h8-9,12-14H,4-7,10-11H2,1-3H3. The van der Waals surface area contributed by atoms with Gasteiger partial charge in [0.05, 0.1) is 0 Å². The Hall–Kier alpha value is -0.300. The zero-order valence-corrected chi connectivity index (χ0v) is 10.00. The van der Waals surface area contributed by atoms with E-state index < -0.39 is 0 Å². The number of aliphatic hydroxyl groups excluding tert-OH is 1. The molecule has 0 amide bonds. The molecule has 1 nitrogen and oxygen atoms in total. The minimum atomic E-state index is 0.301. The number of hydrogen-bond donors (Lipinski definition) is 1. The summed E-state index contributed by atoms with van der Waals surface area (Å²) in [4.78, 5) is 0. The number of allylic oxidation sites excluding steroid dienone is 2. The highest BCUT2D eigenvalue weighted by molar-refractivity contribution is 4.89. The largest absolute Gasteiger partial charge is 0.396 e. The van der Waals surface area contributed by atoms with Crippen LogP contribution in [0.3, 0.4) is 0 Å². The van der Waals surface area contributed by atoms with Crippen LogP contribution in [0.5, 0.6) is 0 Å².